The van der Waals surface area contributed by atoms with Gasteiger partial charge in [0.15, 0.2) is 0 Å². The lowest BCUT2D eigenvalue weighted by atomic mass is 9.76. The molecule has 1 saturated carbocycles. The number of esters is 1. The molecular formula is C12H19N3O2. The summed E-state index contributed by atoms with van der Waals surface area (Å²) in [7, 11) is 0. The second-order valence-electron chi connectivity index (χ2n) is 5.48. The summed E-state index contributed by atoms with van der Waals surface area (Å²) >= 11 is 0. The number of aromatic nitrogens is 2. The highest BCUT2D eigenvalue weighted by Gasteiger charge is 2.29. The lowest BCUT2D eigenvalue weighted by molar-refractivity contribution is 0.00891. The Morgan fingerprint density at radius 3 is 2.71 bits per heavy atom. The fraction of sp³-hybridized carbons (Fsp3) is 0.667. The molecule has 0 unspecified atom stereocenters. The molecule has 1 aromatic heterocycles. The number of nitrogens with two attached hydrogens (primary N) is 1. The van der Waals surface area contributed by atoms with Crippen LogP contribution in [0, 0.1) is 5.41 Å². The van der Waals surface area contributed by atoms with Crippen molar-refractivity contribution in [3.8, 4) is 0 Å². The molecule has 2 rings (SSSR count). The van der Waals surface area contributed by atoms with Crippen molar-refractivity contribution >= 4 is 11.8 Å². The van der Waals surface area contributed by atoms with Gasteiger partial charge in [0, 0.05) is 6.07 Å². The zero-order chi connectivity index (χ0) is 12.5. The maximum Gasteiger partial charge on any atom is 0.356 e. The first-order chi connectivity index (χ1) is 7.96. The molecule has 0 amide bonds. The number of nitrogens with zero attached hydrogens (tertiary/aromatic N) is 1. The number of aromatic amines is 1. The lowest BCUT2D eigenvalue weighted by Gasteiger charge is -2.33. The number of nitrogen functional groups attached to an aromatic ring is 1. The van der Waals surface area contributed by atoms with E-state index in [1.54, 1.807) is 0 Å². The van der Waals surface area contributed by atoms with E-state index in [1.165, 1.54) is 6.07 Å². The van der Waals surface area contributed by atoms with Crippen molar-refractivity contribution in [3.05, 3.63) is 11.8 Å². The zero-order valence-electron chi connectivity index (χ0n) is 10.3. The molecule has 17 heavy (non-hydrogen) atoms. The Bertz CT molecular complexity index is 402. The zero-order valence-corrected chi connectivity index (χ0v) is 10.3. The molecule has 0 bridgehead atoms. The van der Waals surface area contributed by atoms with Crippen LogP contribution in [0.3, 0.4) is 0 Å². The van der Waals surface area contributed by atoms with E-state index >= 15 is 0 Å². The van der Waals surface area contributed by atoms with Crippen LogP contribution in [0.15, 0.2) is 6.07 Å². The third-order valence-corrected chi connectivity index (χ3v) is 3.38. The van der Waals surface area contributed by atoms with E-state index in [-0.39, 0.29) is 12.1 Å². The summed E-state index contributed by atoms with van der Waals surface area (Å²) in [6.45, 7) is 4.50. The van der Waals surface area contributed by atoms with Crippen LogP contribution < -0.4 is 5.73 Å². The predicted molar refractivity (Wildman–Crippen MR) is 64.5 cm³/mol. The molecule has 0 aliphatic heterocycles. The molecular weight excluding hydrogens is 218 g/mol. The van der Waals surface area contributed by atoms with Gasteiger partial charge in [-0.2, -0.15) is 5.10 Å². The van der Waals surface area contributed by atoms with E-state index < -0.39 is 0 Å². The first-order valence-electron chi connectivity index (χ1n) is 5.98. The minimum absolute atomic E-state index is 0.0278. The quantitative estimate of drug-likeness (QED) is 0.772. The minimum Gasteiger partial charge on any atom is -0.458 e. The van der Waals surface area contributed by atoms with Crippen LogP contribution >= 0.6 is 0 Å². The first kappa shape index (κ1) is 12.0. The van der Waals surface area contributed by atoms with Gasteiger partial charge >= 0.3 is 5.97 Å². The Balaban J connectivity index is 1.88. The van der Waals surface area contributed by atoms with Crippen molar-refractivity contribution in [3.63, 3.8) is 0 Å². The van der Waals surface area contributed by atoms with Gasteiger partial charge < -0.3 is 10.5 Å². The number of ether oxygens (including phenoxy) is 1. The van der Waals surface area contributed by atoms with Crippen molar-refractivity contribution in [1.82, 2.24) is 10.2 Å². The normalized spacial score (nSPS) is 20.1. The maximum absolute atomic E-state index is 11.7. The topological polar surface area (TPSA) is 81.0 Å². The maximum atomic E-state index is 11.7. The highest BCUT2D eigenvalue weighted by molar-refractivity contribution is 5.88. The van der Waals surface area contributed by atoms with Crippen LogP contribution in [0.1, 0.15) is 50.0 Å². The minimum atomic E-state index is -0.362. The predicted octanol–water partition coefficient (Wildman–Crippen LogP) is 2.12. The number of H-pyrrole nitrogens is 1. The average molecular weight is 237 g/mol. The van der Waals surface area contributed by atoms with Crippen LogP contribution in [0.25, 0.3) is 0 Å². The summed E-state index contributed by atoms with van der Waals surface area (Å²) in [4.78, 5) is 11.7. The molecule has 5 heteroatoms. The van der Waals surface area contributed by atoms with E-state index in [1.807, 2.05) is 0 Å². The van der Waals surface area contributed by atoms with E-state index in [0.29, 0.717) is 16.9 Å². The van der Waals surface area contributed by atoms with E-state index in [4.69, 9.17) is 10.5 Å². The van der Waals surface area contributed by atoms with Crippen LogP contribution in [0.2, 0.25) is 0 Å². The number of hydrogen-bond acceptors (Lipinski definition) is 4. The molecule has 1 fully saturated rings. The SMILES string of the molecule is CC1(C)CCC(OC(=O)c2cc(N)n[nH]2)CC1. The summed E-state index contributed by atoms with van der Waals surface area (Å²) in [6, 6.07) is 1.50. The Kier molecular flexibility index (Phi) is 3.09. The molecule has 1 aromatic rings. The van der Waals surface area contributed by atoms with E-state index in [0.717, 1.165) is 25.7 Å². The van der Waals surface area contributed by atoms with Gasteiger partial charge in [-0.05, 0) is 31.1 Å². The van der Waals surface area contributed by atoms with Crippen LogP contribution in [0.5, 0.6) is 0 Å². The number of anilines is 1. The highest BCUT2D eigenvalue weighted by Crippen LogP contribution is 2.36. The summed E-state index contributed by atoms with van der Waals surface area (Å²) in [5.74, 6) is -0.0550. The van der Waals surface area contributed by atoms with Crippen LogP contribution in [-0.4, -0.2) is 22.3 Å². The van der Waals surface area contributed by atoms with Crippen LogP contribution in [0.4, 0.5) is 5.82 Å². The second-order valence-corrected chi connectivity index (χ2v) is 5.48. The Labute approximate surface area is 101 Å². The highest BCUT2D eigenvalue weighted by atomic mass is 16.5. The smallest absolute Gasteiger partial charge is 0.356 e. The van der Waals surface area contributed by atoms with Crippen LogP contribution in [-0.2, 0) is 4.74 Å². The summed E-state index contributed by atoms with van der Waals surface area (Å²) in [6.07, 6.45) is 4.08. The van der Waals surface area contributed by atoms with Gasteiger partial charge in [-0.3, -0.25) is 5.10 Å². The summed E-state index contributed by atoms with van der Waals surface area (Å²) in [5.41, 5.74) is 6.14. The molecule has 1 heterocycles. The molecule has 1 aliphatic rings. The standard InChI is InChI=1S/C12H19N3O2/c1-12(2)5-3-8(4-6-12)17-11(16)9-7-10(13)15-14-9/h7-8H,3-6H2,1-2H3,(H3,13,14,15). The summed E-state index contributed by atoms with van der Waals surface area (Å²) in [5, 5.41) is 6.27. The Hall–Kier alpha value is -1.52. The van der Waals surface area contributed by atoms with Gasteiger partial charge in [-0.1, -0.05) is 13.8 Å². The molecule has 0 saturated heterocycles. The molecule has 5 nitrogen and oxygen atoms in total. The van der Waals surface area contributed by atoms with E-state index in [9.17, 15) is 4.79 Å². The van der Waals surface area contributed by atoms with Gasteiger partial charge in [0.1, 0.15) is 17.6 Å². The van der Waals surface area contributed by atoms with Crippen molar-refractivity contribution in [2.75, 3.05) is 5.73 Å². The molecule has 1 aliphatic carbocycles. The molecule has 3 N–H and O–H groups in total. The fourth-order valence-electron chi connectivity index (χ4n) is 2.15. The van der Waals surface area contributed by atoms with Crippen molar-refractivity contribution < 1.29 is 9.53 Å². The number of carbonyl (C=O) groups is 1. The Morgan fingerprint density at radius 2 is 2.18 bits per heavy atom. The van der Waals surface area contributed by atoms with E-state index in [2.05, 4.69) is 24.0 Å². The fourth-order valence-corrected chi connectivity index (χ4v) is 2.15. The lowest BCUT2D eigenvalue weighted by Crippen LogP contribution is -2.28. The second kappa shape index (κ2) is 4.39. The van der Waals surface area contributed by atoms with Crippen molar-refractivity contribution in [2.24, 2.45) is 5.41 Å². The molecule has 0 aromatic carbocycles. The molecule has 94 valence electrons. The number of carbonyl (C=O) groups excluding carboxylic acids is 1. The van der Waals surface area contributed by atoms with Gasteiger partial charge in [-0.25, -0.2) is 4.79 Å². The first-order valence-corrected chi connectivity index (χ1v) is 5.98. The largest absolute Gasteiger partial charge is 0.458 e. The third kappa shape index (κ3) is 2.99. The number of nitrogens with one attached hydrogen (secondary N) is 1. The number of hydrogen-bond donors (Lipinski definition) is 2. The molecule has 0 atom stereocenters. The average Bonchev–Trinajstić information content (AvgIpc) is 2.68. The Morgan fingerprint density at radius 1 is 1.53 bits per heavy atom. The van der Waals surface area contributed by atoms with Gasteiger partial charge in [0.05, 0.1) is 0 Å². The monoisotopic (exact) mass is 237 g/mol. The molecule has 0 radical (unpaired) electrons. The third-order valence-electron chi connectivity index (χ3n) is 3.38. The van der Waals surface area contributed by atoms with Crippen molar-refractivity contribution in [1.29, 1.82) is 0 Å². The summed E-state index contributed by atoms with van der Waals surface area (Å²) < 4.78 is 5.42. The van der Waals surface area contributed by atoms with Gasteiger partial charge in [0.25, 0.3) is 0 Å². The van der Waals surface area contributed by atoms with Gasteiger partial charge in [-0.15, -0.1) is 0 Å². The van der Waals surface area contributed by atoms with Gasteiger partial charge in [0.2, 0.25) is 0 Å². The number of rotatable bonds is 2. The van der Waals surface area contributed by atoms with Crippen molar-refractivity contribution in [2.45, 2.75) is 45.6 Å². The molecule has 0 spiro atoms.